The molecule has 0 radical (unpaired) electrons. The molecule has 1 aromatic rings. The number of nitrogens with zero attached hydrogens (tertiary/aromatic N) is 2. The monoisotopic (exact) mass is 323 g/mol. The molecule has 1 atom stereocenters. The van der Waals surface area contributed by atoms with E-state index in [9.17, 15) is 4.79 Å². The van der Waals surface area contributed by atoms with Crippen LogP contribution in [0.5, 0.6) is 0 Å². The molecule has 0 aromatic heterocycles. The number of likely N-dealkylation sites (tertiary alicyclic amines) is 1. The van der Waals surface area contributed by atoms with E-state index >= 15 is 0 Å². The number of nitrogens with two attached hydrogens (primary N) is 1. The van der Waals surface area contributed by atoms with Gasteiger partial charge in [-0.25, -0.2) is 0 Å². The third-order valence-corrected chi connectivity index (χ3v) is 3.93. The van der Waals surface area contributed by atoms with Gasteiger partial charge < -0.3 is 15.5 Å². The van der Waals surface area contributed by atoms with Crippen LogP contribution in [-0.2, 0) is 9.63 Å². The van der Waals surface area contributed by atoms with Gasteiger partial charge >= 0.3 is 0 Å². The molecule has 0 aliphatic carbocycles. The maximum Gasteiger partial charge on any atom is 0.266 e. The molecule has 0 saturated carbocycles. The first-order chi connectivity index (χ1) is 10.6. The quantitative estimate of drug-likeness (QED) is 0.526. The number of carbonyl (C=O) groups is 1. The van der Waals surface area contributed by atoms with E-state index in [0.717, 1.165) is 25.9 Å². The van der Waals surface area contributed by atoms with Crippen LogP contribution in [0.4, 0.5) is 0 Å². The van der Waals surface area contributed by atoms with Crippen molar-refractivity contribution >= 4 is 23.3 Å². The Bertz CT molecular complexity index is 540. The Labute approximate surface area is 136 Å². The van der Waals surface area contributed by atoms with Gasteiger partial charge in [-0.3, -0.25) is 4.79 Å². The standard InChI is InChI=1S/C16H22ClN3O2/c1-12(16(21)20-9-4-2-3-5-10-20)22-19-15(18)13-7-6-8-14(17)11-13/h6-8,11-12H,2-5,9-10H2,1H3,(H2,18,19). The van der Waals surface area contributed by atoms with Crippen LogP contribution in [-0.4, -0.2) is 35.8 Å². The number of amidine groups is 1. The predicted octanol–water partition coefficient (Wildman–Crippen LogP) is 2.77. The van der Waals surface area contributed by atoms with Gasteiger partial charge in [-0.1, -0.05) is 41.7 Å². The smallest absolute Gasteiger partial charge is 0.266 e. The van der Waals surface area contributed by atoms with Crippen molar-refractivity contribution in [1.29, 1.82) is 0 Å². The third kappa shape index (κ3) is 4.63. The van der Waals surface area contributed by atoms with Gasteiger partial charge in [0.25, 0.3) is 5.91 Å². The molecular formula is C16H22ClN3O2. The molecule has 22 heavy (non-hydrogen) atoms. The highest BCUT2D eigenvalue weighted by Crippen LogP contribution is 2.13. The van der Waals surface area contributed by atoms with E-state index < -0.39 is 6.10 Å². The topological polar surface area (TPSA) is 67.9 Å². The first kappa shape index (κ1) is 16.6. The fraction of sp³-hybridized carbons (Fsp3) is 0.500. The molecule has 1 aromatic carbocycles. The fourth-order valence-electron chi connectivity index (χ4n) is 2.43. The Hall–Kier alpha value is -1.75. The lowest BCUT2D eigenvalue weighted by molar-refractivity contribution is -0.142. The first-order valence-corrected chi connectivity index (χ1v) is 8.00. The van der Waals surface area contributed by atoms with E-state index in [4.69, 9.17) is 22.2 Å². The summed E-state index contributed by atoms with van der Waals surface area (Å²) in [5.74, 6) is 0.169. The summed E-state index contributed by atoms with van der Waals surface area (Å²) < 4.78 is 0. The molecule has 5 nitrogen and oxygen atoms in total. The number of rotatable bonds is 4. The SMILES string of the molecule is CC(O/N=C(/N)c1cccc(Cl)c1)C(=O)N1CCCCCC1. The zero-order valence-corrected chi connectivity index (χ0v) is 13.6. The second-order valence-electron chi connectivity index (χ2n) is 5.47. The lowest BCUT2D eigenvalue weighted by Gasteiger charge is -2.22. The predicted molar refractivity (Wildman–Crippen MR) is 87.8 cm³/mol. The molecule has 1 unspecified atom stereocenters. The molecule has 1 aliphatic rings. The molecule has 0 bridgehead atoms. The van der Waals surface area contributed by atoms with Crippen molar-refractivity contribution in [2.45, 2.75) is 38.7 Å². The van der Waals surface area contributed by atoms with Crippen LogP contribution >= 0.6 is 11.6 Å². The zero-order valence-electron chi connectivity index (χ0n) is 12.8. The normalized spacial score (nSPS) is 17.7. The van der Waals surface area contributed by atoms with Crippen LogP contribution in [0.25, 0.3) is 0 Å². The maximum absolute atomic E-state index is 12.3. The van der Waals surface area contributed by atoms with E-state index in [-0.39, 0.29) is 11.7 Å². The Morgan fingerprint density at radius 1 is 1.32 bits per heavy atom. The molecule has 1 saturated heterocycles. The molecular weight excluding hydrogens is 302 g/mol. The van der Waals surface area contributed by atoms with E-state index in [1.807, 2.05) is 4.90 Å². The maximum atomic E-state index is 12.3. The average molecular weight is 324 g/mol. The van der Waals surface area contributed by atoms with Crippen LogP contribution in [0.2, 0.25) is 5.02 Å². The van der Waals surface area contributed by atoms with E-state index in [2.05, 4.69) is 5.16 Å². The Balaban J connectivity index is 1.94. The molecule has 6 heteroatoms. The summed E-state index contributed by atoms with van der Waals surface area (Å²) in [5.41, 5.74) is 6.53. The number of benzene rings is 1. The third-order valence-electron chi connectivity index (χ3n) is 3.70. The van der Waals surface area contributed by atoms with Crippen LogP contribution in [0.15, 0.2) is 29.4 Å². The molecule has 120 valence electrons. The van der Waals surface area contributed by atoms with Crippen molar-refractivity contribution < 1.29 is 9.63 Å². The lowest BCUT2D eigenvalue weighted by Crippen LogP contribution is -2.39. The van der Waals surface area contributed by atoms with E-state index in [1.54, 1.807) is 31.2 Å². The molecule has 1 heterocycles. The van der Waals surface area contributed by atoms with Gasteiger partial charge in [0.05, 0.1) is 0 Å². The minimum absolute atomic E-state index is 0.0375. The first-order valence-electron chi connectivity index (χ1n) is 7.62. The van der Waals surface area contributed by atoms with Crippen molar-refractivity contribution in [2.75, 3.05) is 13.1 Å². The van der Waals surface area contributed by atoms with Crippen LogP contribution < -0.4 is 5.73 Å². The summed E-state index contributed by atoms with van der Waals surface area (Å²) in [4.78, 5) is 19.5. The van der Waals surface area contributed by atoms with Crippen LogP contribution in [0.3, 0.4) is 0 Å². The van der Waals surface area contributed by atoms with Gasteiger partial charge in [0.1, 0.15) is 0 Å². The molecule has 1 amide bonds. The summed E-state index contributed by atoms with van der Waals surface area (Å²) >= 11 is 5.91. The Kier molecular flexibility index (Phi) is 6.07. The van der Waals surface area contributed by atoms with Gasteiger partial charge in [0.2, 0.25) is 6.10 Å². The summed E-state index contributed by atoms with van der Waals surface area (Å²) in [6.07, 6.45) is 3.81. The second-order valence-corrected chi connectivity index (χ2v) is 5.91. The summed E-state index contributed by atoms with van der Waals surface area (Å²) in [6, 6.07) is 7.02. The number of oxime groups is 1. The van der Waals surface area contributed by atoms with Gasteiger partial charge in [-0.15, -0.1) is 0 Å². The number of hydrogen-bond donors (Lipinski definition) is 1. The fourth-order valence-corrected chi connectivity index (χ4v) is 2.62. The number of halogens is 1. The molecule has 2 rings (SSSR count). The minimum Gasteiger partial charge on any atom is -0.381 e. The van der Waals surface area contributed by atoms with Crippen LogP contribution in [0, 0.1) is 0 Å². The summed E-state index contributed by atoms with van der Waals surface area (Å²) in [5, 5.41) is 4.44. The zero-order chi connectivity index (χ0) is 15.9. The summed E-state index contributed by atoms with van der Waals surface area (Å²) in [6.45, 7) is 3.28. The van der Waals surface area contributed by atoms with Gasteiger partial charge in [-0.2, -0.15) is 0 Å². The van der Waals surface area contributed by atoms with E-state index in [1.165, 1.54) is 12.8 Å². The van der Waals surface area contributed by atoms with E-state index in [0.29, 0.717) is 10.6 Å². The number of carbonyl (C=O) groups excluding carboxylic acids is 1. The molecule has 1 aliphatic heterocycles. The molecule has 2 N–H and O–H groups in total. The number of hydrogen-bond acceptors (Lipinski definition) is 3. The Morgan fingerprint density at radius 3 is 2.64 bits per heavy atom. The highest BCUT2D eigenvalue weighted by Gasteiger charge is 2.22. The number of amides is 1. The van der Waals surface area contributed by atoms with Crippen molar-refractivity contribution in [3.05, 3.63) is 34.9 Å². The average Bonchev–Trinajstić information content (AvgIpc) is 2.80. The highest BCUT2D eigenvalue weighted by molar-refractivity contribution is 6.31. The highest BCUT2D eigenvalue weighted by atomic mass is 35.5. The van der Waals surface area contributed by atoms with Gasteiger partial charge in [0.15, 0.2) is 5.84 Å². The Morgan fingerprint density at radius 2 is 2.00 bits per heavy atom. The van der Waals surface area contributed by atoms with Gasteiger partial charge in [0, 0.05) is 23.7 Å². The van der Waals surface area contributed by atoms with Crippen LogP contribution in [0.1, 0.15) is 38.2 Å². The van der Waals surface area contributed by atoms with Crippen molar-refractivity contribution in [3.8, 4) is 0 Å². The largest absolute Gasteiger partial charge is 0.381 e. The lowest BCUT2D eigenvalue weighted by atomic mass is 10.2. The molecule has 0 spiro atoms. The van der Waals surface area contributed by atoms with Crippen molar-refractivity contribution in [3.63, 3.8) is 0 Å². The van der Waals surface area contributed by atoms with Gasteiger partial charge in [-0.05, 0) is 31.9 Å². The van der Waals surface area contributed by atoms with Crippen molar-refractivity contribution in [2.24, 2.45) is 10.9 Å². The minimum atomic E-state index is -0.643. The second kappa shape index (κ2) is 8.03. The van der Waals surface area contributed by atoms with Crippen molar-refractivity contribution in [1.82, 2.24) is 4.90 Å². The summed E-state index contributed by atoms with van der Waals surface area (Å²) in [7, 11) is 0. The molecule has 1 fully saturated rings.